The summed E-state index contributed by atoms with van der Waals surface area (Å²) in [5, 5.41) is 6.93. The van der Waals surface area contributed by atoms with E-state index in [4.69, 9.17) is 10.8 Å². The zero-order valence-electron chi connectivity index (χ0n) is 11.8. The fourth-order valence-electron chi connectivity index (χ4n) is 2.06. The van der Waals surface area contributed by atoms with Crippen LogP contribution in [0.1, 0.15) is 0 Å². The third-order valence-corrected chi connectivity index (χ3v) is 3.15. The van der Waals surface area contributed by atoms with Crippen molar-refractivity contribution < 1.29 is 4.42 Å². The topological polar surface area (TPSA) is 81.1 Å². The second kappa shape index (κ2) is 5.27. The van der Waals surface area contributed by atoms with Gasteiger partial charge in [0, 0.05) is 18.4 Å². The largest absolute Gasteiger partial charge is 0.461 e. The lowest BCUT2D eigenvalue weighted by Gasteiger charge is -1.96. The highest BCUT2D eigenvalue weighted by Gasteiger charge is 2.12. The van der Waals surface area contributed by atoms with E-state index in [1.54, 1.807) is 35.3 Å². The fourth-order valence-corrected chi connectivity index (χ4v) is 2.06. The van der Waals surface area contributed by atoms with Crippen molar-refractivity contribution in [2.75, 3.05) is 5.32 Å². The SMILES string of the molecule is C#CNc1nccn2nc(-c3ccco3)nc12.c1cc2nc-2c1. The molecular formula is C16H10N6O. The summed E-state index contributed by atoms with van der Waals surface area (Å²) in [6.07, 6.45) is 10.0. The van der Waals surface area contributed by atoms with Crippen LogP contribution in [0.2, 0.25) is 0 Å². The molecule has 0 saturated carbocycles. The van der Waals surface area contributed by atoms with E-state index in [9.17, 15) is 0 Å². The summed E-state index contributed by atoms with van der Waals surface area (Å²) in [4.78, 5) is 12.3. The summed E-state index contributed by atoms with van der Waals surface area (Å²) in [5.41, 5.74) is 2.90. The number of hydrogen-bond donors (Lipinski definition) is 1. The van der Waals surface area contributed by atoms with Gasteiger partial charge in [0.25, 0.3) is 0 Å². The predicted octanol–water partition coefficient (Wildman–Crippen LogP) is 2.45. The first-order chi connectivity index (χ1) is 11.3. The number of nitrogens with one attached hydrogen (secondary N) is 1. The molecule has 7 nitrogen and oxygen atoms in total. The van der Waals surface area contributed by atoms with Crippen molar-refractivity contribution in [2.45, 2.75) is 0 Å². The highest BCUT2D eigenvalue weighted by atomic mass is 16.3. The Balaban J connectivity index is 0.000000186. The van der Waals surface area contributed by atoms with Gasteiger partial charge in [-0.2, -0.15) is 0 Å². The number of rotatable bonds is 2. The van der Waals surface area contributed by atoms with Crippen molar-refractivity contribution in [1.82, 2.24) is 24.6 Å². The van der Waals surface area contributed by atoms with Crippen molar-refractivity contribution in [2.24, 2.45) is 0 Å². The van der Waals surface area contributed by atoms with Crippen LogP contribution in [0.25, 0.3) is 28.6 Å². The lowest BCUT2D eigenvalue weighted by Crippen LogP contribution is -1.96. The molecule has 110 valence electrons. The van der Waals surface area contributed by atoms with Gasteiger partial charge in [0.05, 0.1) is 17.7 Å². The maximum atomic E-state index is 5.23. The summed E-state index contributed by atoms with van der Waals surface area (Å²) in [6, 6.07) is 11.9. The molecule has 3 aromatic heterocycles. The molecule has 3 aromatic rings. The molecule has 0 fully saturated rings. The standard InChI is InChI=1S/C11H7N5O.C5H3N/c1-2-12-10-11-14-9(8-4-3-7-17-8)15-16(11)6-5-13-10;1-2-4-5(3-1)6-4/h1,3-7H,(H,12,13);1-3H. The van der Waals surface area contributed by atoms with Crippen LogP contribution in [-0.2, 0) is 0 Å². The van der Waals surface area contributed by atoms with Gasteiger partial charge in [-0.25, -0.2) is 19.5 Å². The molecule has 1 aliphatic carbocycles. The molecule has 0 radical (unpaired) electrons. The minimum atomic E-state index is 0.486. The summed E-state index contributed by atoms with van der Waals surface area (Å²) in [5.74, 6) is 1.57. The van der Waals surface area contributed by atoms with Crippen LogP contribution in [0.4, 0.5) is 5.82 Å². The Kier molecular flexibility index (Phi) is 2.99. The summed E-state index contributed by atoms with van der Waals surface area (Å²) < 4.78 is 6.82. The van der Waals surface area contributed by atoms with Crippen molar-refractivity contribution >= 4 is 11.5 Å². The molecule has 23 heavy (non-hydrogen) atoms. The van der Waals surface area contributed by atoms with Gasteiger partial charge in [0.15, 0.2) is 17.2 Å². The fraction of sp³-hybridized carbons (Fsp3) is 0. The van der Waals surface area contributed by atoms with Crippen LogP contribution in [-0.4, -0.2) is 24.6 Å². The van der Waals surface area contributed by atoms with E-state index in [-0.39, 0.29) is 0 Å². The Hall–Kier alpha value is -3.66. The molecule has 2 aliphatic rings. The highest BCUT2D eigenvalue weighted by molar-refractivity contribution is 5.68. The number of pyridine rings is 1. The molecule has 0 saturated heterocycles. The smallest absolute Gasteiger partial charge is 0.218 e. The third-order valence-electron chi connectivity index (χ3n) is 3.15. The number of furan rings is 1. The Morgan fingerprint density at radius 2 is 2.00 bits per heavy atom. The monoisotopic (exact) mass is 302 g/mol. The zero-order chi connectivity index (χ0) is 15.6. The van der Waals surface area contributed by atoms with Gasteiger partial charge in [-0.05, 0) is 24.3 Å². The van der Waals surface area contributed by atoms with Crippen molar-refractivity contribution in [1.29, 1.82) is 0 Å². The Bertz CT molecular complexity index is 995. The number of terminal acetylenes is 1. The van der Waals surface area contributed by atoms with Gasteiger partial charge in [-0.3, -0.25) is 5.32 Å². The van der Waals surface area contributed by atoms with Gasteiger partial charge in [0.2, 0.25) is 5.82 Å². The Labute approximate surface area is 131 Å². The molecule has 0 spiro atoms. The van der Waals surface area contributed by atoms with Crippen LogP contribution >= 0.6 is 0 Å². The van der Waals surface area contributed by atoms with Gasteiger partial charge < -0.3 is 4.42 Å². The number of fused-ring (bicyclic) bond motifs is 2. The van der Waals surface area contributed by atoms with Crippen LogP contribution in [0, 0.1) is 12.5 Å². The predicted molar refractivity (Wildman–Crippen MR) is 84.2 cm³/mol. The number of aromatic nitrogens is 5. The Morgan fingerprint density at radius 1 is 1.13 bits per heavy atom. The molecular weight excluding hydrogens is 292 g/mol. The van der Waals surface area contributed by atoms with Crippen molar-refractivity contribution in [3.05, 3.63) is 49.0 Å². The second-order valence-corrected chi connectivity index (χ2v) is 4.63. The molecule has 1 aliphatic heterocycles. The van der Waals surface area contributed by atoms with Crippen LogP contribution in [0.15, 0.2) is 53.4 Å². The van der Waals surface area contributed by atoms with E-state index < -0.39 is 0 Å². The molecule has 1 N–H and O–H groups in total. The normalized spacial score (nSPS) is 10.6. The number of hydrogen-bond acceptors (Lipinski definition) is 6. The number of nitrogens with zero attached hydrogens (tertiary/aromatic N) is 5. The summed E-state index contributed by atoms with van der Waals surface area (Å²) >= 11 is 0. The minimum Gasteiger partial charge on any atom is -0.461 e. The zero-order valence-corrected chi connectivity index (χ0v) is 11.8. The molecule has 0 bridgehead atoms. The average Bonchev–Trinajstić information content (AvgIpc) is 3.05. The maximum Gasteiger partial charge on any atom is 0.218 e. The molecule has 0 atom stereocenters. The summed E-state index contributed by atoms with van der Waals surface area (Å²) in [7, 11) is 0. The maximum absolute atomic E-state index is 5.23. The van der Waals surface area contributed by atoms with E-state index in [0.717, 1.165) is 0 Å². The van der Waals surface area contributed by atoms with E-state index in [1.165, 1.54) is 11.4 Å². The molecule has 0 amide bonds. The number of anilines is 1. The lowest BCUT2D eigenvalue weighted by atomic mass is 10.4. The van der Waals surface area contributed by atoms with Crippen LogP contribution < -0.4 is 5.32 Å². The van der Waals surface area contributed by atoms with Gasteiger partial charge in [-0.15, -0.1) is 5.10 Å². The van der Waals surface area contributed by atoms with Gasteiger partial charge in [-0.1, -0.05) is 12.5 Å². The van der Waals surface area contributed by atoms with E-state index in [2.05, 4.69) is 31.4 Å². The first-order valence-corrected chi connectivity index (χ1v) is 6.79. The quantitative estimate of drug-likeness (QED) is 0.398. The van der Waals surface area contributed by atoms with Gasteiger partial charge in [0.1, 0.15) is 0 Å². The minimum absolute atomic E-state index is 0.486. The molecule has 7 heteroatoms. The molecule has 0 aromatic carbocycles. The van der Waals surface area contributed by atoms with Crippen molar-refractivity contribution in [3.8, 4) is 35.4 Å². The van der Waals surface area contributed by atoms with E-state index >= 15 is 0 Å². The summed E-state index contributed by atoms with van der Waals surface area (Å²) in [6.45, 7) is 0. The highest BCUT2D eigenvalue weighted by Crippen LogP contribution is 2.25. The Morgan fingerprint density at radius 3 is 2.61 bits per heavy atom. The molecule has 4 heterocycles. The third kappa shape index (κ3) is 2.49. The van der Waals surface area contributed by atoms with Crippen LogP contribution in [0.3, 0.4) is 0 Å². The molecule has 5 rings (SSSR count). The first kappa shape index (κ1) is 13.0. The average molecular weight is 302 g/mol. The van der Waals surface area contributed by atoms with Gasteiger partial charge >= 0.3 is 0 Å². The van der Waals surface area contributed by atoms with E-state index in [1.807, 2.05) is 18.2 Å². The second-order valence-electron chi connectivity index (χ2n) is 4.63. The first-order valence-electron chi connectivity index (χ1n) is 6.79. The molecule has 0 unspecified atom stereocenters. The lowest BCUT2D eigenvalue weighted by molar-refractivity contribution is 0.577. The van der Waals surface area contributed by atoms with Crippen molar-refractivity contribution in [3.63, 3.8) is 0 Å². The van der Waals surface area contributed by atoms with Crippen LogP contribution in [0.5, 0.6) is 0 Å². The van der Waals surface area contributed by atoms with E-state index in [0.29, 0.717) is 23.0 Å².